The molecule has 0 heterocycles. The number of hydrogen-bond acceptors (Lipinski definition) is 5. The van der Waals surface area contributed by atoms with E-state index in [-0.39, 0.29) is 31.0 Å². The second kappa shape index (κ2) is 8.87. The van der Waals surface area contributed by atoms with Crippen LogP contribution in [0, 0.1) is 0 Å². The van der Waals surface area contributed by atoms with E-state index in [0.717, 1.165) is 12.2 Å². The zero-order chi connectivity index (χ0) is 11.8. The molecule has 6 nitrogen and oxygen atoms in total. The van der Waals surface area contributed by atoms with Gasteiger partial charge in [0.1, 0.15) is 0 Å². The molecule has 7 heteroatoms. The molecule has 0 saturated carbocycles. The Morgan fingerprint density at radius 2 is 1.88 bits per heavy atom. The maximum Gasteiger partial charge on any atom is 0.330 e. The van der Waals surface area contributed by atoms with Crippen LogP contribution in [0.15, 0.2) is 12.2 Å². The van der Waals surface area contributed by atoms with E-state index in [1.54, 1.807) is 0 Å². The first-order valence-electron chi connectivity index (χ1n) is 4.31. The molecule has 16 heavy (non-hydrogen) atoms. The highest BCUT2D eigenvalue weighted by Gasteiger charge is 2.10. The van der Waals surface area contributed by atoms with Gasteiger partial charge in [-0.25, -0.2) is 4.79 Å². The molecule has 4 N–H and O–H groups in total. The molecule has 1 atom stereocenters. The monoisotopic (exact) mass is 250 g/mol. The van der Waals surface area contributed by atoms with E-state index in [1.807, 2.05) is 0 Å². The van der Waals surface area contributed by atoms with E-state index in [1.165, 1.54) is 7.11 Å². The molecular formula is C9H15ClN2O4. The van der Waals surface area contributed by atoms with Gasteiger partial charge in [-0.3, -0.25) is 9.59 Å². The number of allylic oxidation sites excluding steroid dienone is 1. The second-order valence-corrected chi connectivity index (χ2v) is 2.87. The summed E-state index contributed by atoms with van der Waals surface area (Å²) >= 11 is 0. The largest absolute Gasteiger partial charge is 0.466 e. The summed E-state index contributed by atoms with van der Waals surface area (Å²) in [5.41, 5.74) is 10.2. The average molecular weight is 251 g/mol. The maximum absolute atomic E-state index is 11.1. The van der Waals surface area contributed by atoms with Gasteiger partial charge in [0.15, 0.2) is 5.78 Å². The molecule has 0 spiro atoms. The number of amides is 1. The number of ketones is 1. The summed E-state index contributed by atoms with van der Waals surface area (Å²) in [6.45, 7) is 0. The third-order valence-electron chi connectivity index (χ3n) is 1.67. The minimum absolute atomic E-state index is 0. The number of rotatable bonds is 6. The van der Waals surface area contributed by atoms with Crippen LogP contribution in [0.25, 0.3) is 0 Å². The number of carbonyl (C=O) groups is 3. The lowest BCUT2D eigenvalue weighted by molar-refractivity contribution is -0.135. The van der Waals surface area contributed by atoms with E-state index >= 15 is 0 Å². The number of nitrogens with two attached hydrogens (primary N) is 2. The molecule has 0 fully saturated rings. The summed E-state index contributed by atoms with van der Waals surface area (Å²) in [6, 6.07) is -0.833. The molecule has 0 unspecified atom stereocenters. The lowest BCUT2D eigenvalue weighted by Crippen LogP contribution is -2.36. The smallest absolute Gasteiger partial charge is 0.330 e. The lowest BCUT2D eigenvalue weighted by atomic mass is 10.1. The van der Waals surface area contributed by atoms with Crippen LogP contribution in [0.2, 0.25) is 0 Å². The first kappa shape index (κ1) is 17.0. The van der Waals surface area contributed by atoms with Gasteiger partial charge in [0.2, 0.25) is 5.91 Å². The Kier molecular flexibility index (Phi) is 9.43. The van der Waals surface area contributed by atoms with Crippen molar-refractivity contribution in [3.63, 3.8) is 0 Å². The van der Waals surface area contributed by atoms with Crippen LogP contribution in [-0.2, 0) is 19.1 Å². The van der Waals surface area contributed by atoms with Gasteiger partial charge in [-0.05, 0) is 12.5 Å². The van der Waals surface area contributed by atoms with Crippen LogP contribution in [0.5, 0.6) is 0 Å². The maximum atomic E-state index is 11.1. The first-order chi connectivity index (χ1) is 6.97. The summed E-state index contributed by atoms with van der Waals surface area (Å²) in [4.78, 5) is 32.2. The number of carbonyl (C=O) groups excluding carboxylic acids is 3. The zero-order valence-corrected chi connectivity index (χ0v) is 9.66. The molecule has 0 bridgehead atoms. The highest BCUT2D eigenvalue weighted by atomic mass is 35.5. The van der Waals surface area contributed by atoms with Crippen molar-refractivity contribution in [2.75, 3.05) is 7.11 Å². The Bertz CT molecular complexity index is 291. The quantitative estimate of drug-likeness (QED) is 0.478. The Hall–Kier alpha value is -1.40. The highest BCUT2D eigenvalue weighted by Crippen LogP contribution is 1.96. The summed E-state index contributed by atoms with van der Waals surface area (Å²) < 4.78 is 4.29. The van der Waals surface area contributed by atoms with Gasteiger partial charge >= 0.3 is 5.97 Å². The number of methoxy groups -OCH3 is 1. The first-order valence-corrected chi connectivity index (χ1v) is 4.31. The van der Waals surface area contributed by atoms with Crippen molar-refractivity contribution in [2.24, 2.45) is 11.5 Å². The van der Waals surface area contributed by atoms with Crippen LogP contribution < -0.4 is 11.5 Å². The SMILES string of the molecule is COC(=O)/C=C/C(=O)CC[C@H](N)C(N)=O.Cl. The molecule has 0 rings (SSSR count). The fraction of sp³-hybridized carbons (Fsp3) is 0.444. The van der Waals surface area contributed by atoms with E-state index in [0.29, 0.717) is 0 Å². The van der Waals surface area contributed by atoms with Crippen molar-refractivity contribution in [1.29, 1.82) is 0 Å². The Labute approximate surface area is 99.4 Å². The van der Waals surface area contributed by atoms with Gasteiger partial charge in [-0.15, -0.1) is 12.4 Å². The van der Waals surface area contributed by atoms with Crippen molar-refractivity contribution < 1.29 is 19.1 Å². The normalized spacial score (nSPS) is 11.6. The van der Waals surface area contributed by atoms with Crippen molar-refractivity contribution in [3.05, 3.63) is 12.2 Å². The summed E-state index contributed by atoms with van der Waals surface area (Å²) in [5, 5.41) is 0. The molecule has 0 aliphatic rings. The van der Waals surface area contributed by atoms with E-state index in [2.05, 4.69) is 4.74 Å². The van der Waals surface area contributed by atoms with Crippen LogP contribution in [0.1, 0.15) is 12.8 Å². The molecule has 92 valence electrons. The van der Waals surface area contributed by atoms with Crippen LogP contribution in [-0.4, -0.2) is 30.8 Å². The number of hydrogen-bond donors (Lipinski definition) is 2. The fourth-order valence-electron chi connectivity index (χ4n) is 0.752. The van der Waals surface area contributed by atoms with Crippen LogP contribution in [0.4, 0.5) is 0 Å². The minimum atomic E-state index is -0.833. The fourth-order valence-corrected chi connectivity index (χ4v) is 0.752. The number of ether oxygens (including phenoxy) is 1. The van der Waals surface area contributed by atoms with Gasteiger partial charge in [-0.2, -0.15) is 0 Å². The number of primary amides is 1. The van der Waals surface area contributed by atoms with E-state index in [4.69, 9.17) is 11.5 Å². The Morgan fingerprint density at radius 3 is 2.31 bits per heavy atom. The van der Waals surface area contributed by atoms with Gasteiger partial charge < -0.3 is 16.2 Å². The third-order valence-corrected chi connectivity index (χ3v) is 1.67. The summed E-state index contributed by atoms with van der Waals surface area (Å²) in [6.07, 6.45) is 2.33. The van der Waals surface area contributed by atoms with Gasteiger partial charge in [0.05, 0.1) is 13.2 Å². The predicted octanol–water partition coefficient (Wildman–Crippen LogP) is -0.701. The van der Waals surface area contributed by atoms with Crippen molar-refractivity contribution in [2.45, 2.75) is 18.9 Å². The van der Waals surface area contributed by atoms with Gasteiger partial charge in [0.25, 0.3) is 0 Å². The van der Waals surface area contributed by atoms with Gasteiger partial charge in [-0.1, -0.05) is 0 Å². The van der Waals surface area contributed by atoms with Crippen LogP contribution in [0.3, 0.4) is 0 Å². The molecule has 1 amide bonds. The molecule has 0 aliphatic heterocycles. The standard InChI is InChI=1S/C9H14N2O4.ClH/c1-15-8(13)5-3-6(12)2-4-7(10)9(11)14;/h3,5,7H,2,4,10H2,1H3,(H2,11,14);1H/b5-3+;/t7-;/m0./s1. The third kappa shape index (κ3) is 7.95. The average Bonchev–Trinajstić information content (AvgIpc) is 2.21. The minimum Gasteiger partial charge on any atom is -0.466 e. The van der Waals surface area contributed by atoms with Crippen molar-refractivity contribution in [1.82, 2.24) is 0 Å². The number of halogens is 1. The molecular weight excluding hydrogens is 236 g/mol. The van der Waals surface area contributed by atoms with Crippen LogP contribution >= 0.6 is 12.4 Å². The second-order valence-electron chi connectivity index (χ2n) is 2.87. The zero-order valence-electron chi connectivity index (χ0n) is 8.84. The lowest BCUT2D eigenvalue weighted by Gasteiger charge is -2.03. The summed E-state index contributed by atoms with van der Waals surface area (Å²) in [7, 11) is 1.21. The predicted molar refractivity (Wildman–Crippen MR) is 59.8 cm³/mol. The summed E-state index contributed by atoms with van der Waals surface area (Å²) in [5.74, 6) is -1.57. The molecule has 0 aromatic heterocycles. The molecule has 0 radical (unpaired) electrons. The Balaban J connectivity index is 0. The van der Waals surface area contributed by atoms with Crippen molar-refractivity contribution >= 4 is 30.1 Å². The van der Waals surface area contributed by atoms with Gasteiger partial charge in [0, 0.05) is 12.5 Å². The number of esters is 1. The molecule has 0 aromatic carbocycles. The molecule has 0 aromatic rings. The Morgan fingerprint density at radius 1 is 1.31 bits per heavy atom. The van der Waals surface area contributed by atoms with E-state index < -0.39 is 17.9 Å². The topological polar surface area (TPSA) is 112 Å². The molecule has 0 saturated heterocycles. The van der Waals surface area contributed by atoms with E-state index in [9.17, 15) is 14.4 Å². The highest BCUT2D eigenvalue weighted by molar-refractivity contribution is 5.96. The van der Waals surface area contributed by atoms with Crippen molar-refractivity contribution in [3.8, 4) is 0 Å². The molecule has 0 aliphatic carbocycles.